The third-order valence-electron chi connectivity index (χ3n) is 3.53. The minimum Gasteiger partial charge on any atom is -0.327 e. The maximum absolute atomic E-state index is 9.30. The highest BCUT2D eigenvalue weighted by molar-refractivity contribution is 8.00. The van der Waals surface area contributed by atoms with E-state index in [9.17, 15) is 10.5 Å². The zero-order chi connectivity index (χ0) is 10.7. The van der Waals surface area contributed by atoms with Crippen molar-refractivity contribution in [3.8, 4) is 12.1 Å². The van der Waals surface area contributed by atoms with Crippen LogP contribution in [0.4, 0.5) is 0 Å². The second-order valence-electron chi connectivity index (χ2n) is 4.06. The van der Waals surface area contributed by atoms with Gasteiger partial charge in [-0.05, 0) is 0 Å². The maximum atomic E-state index is 9.30. The van der Waals surface area contributed by atoms with Crippen molar-refractivity contribution in [2.24, 2.45) is 16.6 Å². The van der Waals surface area contributed by atoms with Crippen molar-refractivity contribution in [1.82, 2.24) is 0 Å². The molecule has 3 aliphatic rings. The smallest absolute Gasteiger partial charge is 0.277 e. The Morgan fingerprint density at radius 2 is 2.27 bits per heavy atom. The van der Waals surface area contributed by atoms with Crippen molar-refractivity contribution >= 4 is 17.6 Å². The summed E-state index contributed by atoms with van der Waals surface area (Å²) < 4.78 is 5.62. The summed E-state index contributed by atoms with van der Waals surface area (Å²) in [6.07, 6.45) is 0.485. The van der Waals surface area contributed by atoms with E-state index in [0.29, 0.717) is 18.9 Å². The lowest BCUT2D eigenvalue weighted by atomic mass is 9.95. The molecule has 0 aromatic rings. The van der Waals surface area contributed by atoms with Crippen LogP contribution in [0.5, 0.6) is 0 Å². The van der Waals surface area contributed by atoms with E-state index in [1.807, 2.05) is 0 Å². The molecule has 15 heavy (non-hydrogen) atoms. The molecule has 1 aliphatic carbocycles. The molecule has 3 rings (SSSR count). The lowest BCUT2D eigenvalue weighted by Gasteiger charge is -2.21. The number of hydrogen-bond donors (Lipinski definition) is 2. The Morgan fingerprint density at radius 3 is 2.73 bits per heavy atom. The minimum absolute atomic E-state index is 0.390. The highest BCUT2D eigenvalue weighted by Crippen LogP contribution is 2.72. The van der Waals surface area contributed by atoms with Crippen LogP contribution in [0.2, 0.25) is 0 Å². The van der Waals surface area contributed by atoms with E-state index < -0.39 is 15.9 Å². The van der Waals surface area contributed by atoms with Gasteiger partial charge in [-0.25, -0.2) is 4.99 Å². The van der Waals surface area contributed by atoms with Crippen LogP contribution >= 0.6 is 11.8 Å². The lowest BCUT2D eigenvalue weighted by molar-refractivity contribution is -0.582. The van der Waals surface area contributed by atoms with Crippen LogP contribution in [-0.2, 0) is 4.74 Å². The summed E-state index contributed by atoms with van der Waals surface area (Å²) in [6.45, 7) is 0.593. The molecule has 76 valence electrons. The van der Waals surface area contributed by atoms with Gasteiger partial charge in [-0.2, -0.15) is 10.5 Å². The molecule has 0 aromatic carbocycles. The topological polar surface area (TPSA) is 96.8 Å². The highest BCUT2D eigenvalue weighted by atomic mass is 32.2. The first kappa shape index (κ1) is 9.02. The molecule has 0 bridgehead atoms. The van der Waals surface area contributed by atoms with E-state index in [1.165, 1.54) is 11.8 Å². The van der Waals surface area contributed by atoms with E-state index in [0.717, 1.165) is 5.75 Å². The Labute approximate surface area is 90.9 Å². The molecule has 1 spiro atoms. The first-order valence-corrected chi connectivity index (χ1v) is 5.66. The predicted octanol–water partition coefficient (Wildman–Crippen LogP) is -1.72. The minimum atomic E-state index is -0.834. The maximum Gasteiger partial charge on any atom is 0.277 e. The van der Waals surface area contributed by atoms with Gasteiger partial charge in [0.05, 0.1) is 18.7 Å². The van der Waals surface area contributed by atoms with Crippen molar-refractivity contribution in [2.75, 3.05) is 12.4 Å². The summed E-state index contributed by atoms with van der Waals surface area (Å²) in [4.78, 5) is 3.00. The number of nitriles is 2. The number of nitrogens with two attached hydrogens (primary N) is 1. The van der Waals surface area contributed by atoms with Crippen molar-refractivity contribution in [3.05, 3.63) is 0 Å². The van der Waals surface area contributed by atoms with Gasteiger partial charge in [-0.15, -0.1) is 0 Å². The molecule has 2 aliphatic heterocycles. The summed E-state index contributed by atoms with van der Waals surface area (Å²) in [5, 5.41) is 17.7. The second-order valence-corrected chi connectivity index (χ2v) is 5.34. The molecular formula is C9H9N4OS+. The highest BCUT2D eigenvalue weighted by Gasteiger charge is 2.90. The predicted molar refractivity (Wildman–Crippen MR) is 52.0 cm³/mol. The van der Waals surface area contributed by atoms with E-state index in [2.05, 4.69) is 17.1 Å². The summed E-state index contributed by atoms with van der Waals surface area (Å²) in [5.74, 6) is 1.21. The van der Waals surface area contributed by atoms with Gasteiger partial charge in [-0.1, -0.05) is 11.8 Å². The van der Waals surface area contributed by atoms with Gasteiger partial charge in [0.2, 0.25) is 0 Å². The number of hydrogen-bond acceptors (Lipinski definition) is 5. The van der Waals surface area contributed by atoms with Crippen molar-refractivity contribution in [3.63, 3.8) is 0 Å². The van der Waals surface area contributed by atoms with Crippen molar-refractivity contribution in [1.29, 1.82) is 10.5 Å². The van der Waals surface area contributed by atoms with Crippen LogP contribution in [0.3, 0.4) is 0 Å². The fourth-order valence-corrected chi connectivity index (χ4v) is 3.94. The van der Waals surface area contributed by atoms with Gasteiger partial charge < -0.3 is 4.74 Å². The average Bonchev–Trinajstić information content (AvgIpc) is 2.67. The summed E-state index contributed by atoms with van der Waals surface area (Å²) >= 11 is 1.54. The number of thioether (sulfide) groups is 1. The van der Waals surface area contributed by atoms with E-state index in [1.54, 1.807) is 0 Å². The molecule has 2 fully saturated rings. The molecule has 2 heterocycles. The first-order valence-electron chi connectivity index (χ1n) is 4.68. The Hall–Kier alpha value is -1.24. The number of fused-ring (bicyclic) bond motifs is 2. The Bertz CT molecular complexity index is 456. The fourth-order valence-electron chi connectivity index (χ4n) is 2.60. The monoisotopic (exact) mass is 221 g/mol. The SMILES string of the molecule is N#C[C@@]12C[C@]1(C#N)C(N)=[NH+][C@@]21OCCS1. The molecule has 0 unspecified atom stereocenters. The molecule has 0 aromatic heterocycles. The number of amidine groups is 1. The van der Waals surface area contributed by atoms with Crippen LogP contribution in [0.15, 0.2) is 0 Å². The zero-order valence-electron chi connectivity index (χ0n) is 7.91. The van der Waals surface area contributed by atoms with Crippen LogP contribution in [0.1, 0.15) is 6.42 Å². The summed E-state index contributed by atoms with van der Waals surface area (Å²) in [7, 11) is 0. The first-order chi connectivity index (χ1) is 7.16. The van der Waals surface area contributed by atoms with E-state index >= 15 is 0 Å². The second kappa shape index (κ2) is 2.29. The molecule has 5 nitrogen and oxygen atoms in total. The lowest BCUT2D eigenvalue weighted by Crippen LogP contribution is -2.87. The van der Waals surface area contributed by atoms with E-state index in [4.69, 9.17) is 10.5 Å². The molecular weight excluding hydrogens is 212 g/mol. The molecule has 0 radical (unpaired) electrons. The fraction of sp³-hybridized carbons (Fsp3) is 0.667. The Kier molecular flexibility index (Phi) is 1.38. The van der Waals surface area contributed by atoms with Gasteiger partial charge in [0.1, 0.15) is 0 Å². The third-order valence-corrected chi connectivity index (χ3v) is 4.88. The molecule has 1 saturated carbocycles. The van der Waals surface area contributed by atoms with Crippen LogP contribution in [0.25, 0.3) is 0 Å². The van der Waals surface area contributed by atoms with Gasteiger partial charge in [0, 0.05) is 12.2 Å². The van der Waals surface area contributed by atoms with Crippen LogP contribution in [-0.4, -0.2) is 23.3 Å². The Morgan fingerprint density at radius 1 is 1.47 bits per heavy atom. The average molecular weight is 221 g/mol. The molecule has 0 amide bonds. The standard InChI is InChI=1S/C9H8N4OS/c10-4-7-3-8(7,5-11)9(13-6(7)12)14-1-2-15-9/h1-3H2,(H2,12,13)/p+1/t7-,8-,9+/m0/s1. The number of nitrogens with one attached hydrogen (secondary N) is 1. The van der Waals surface area contributed by atoms with Crippen molar-refractivity contribution < 1.29 is 9.73 Å². The molecule has 6 heteroatoms. The van der Waals surface area contributed by atoms with Crippen molar-refractivity contribution in [2.45, 2.75) is 11.5 Å². The van der Waals surface area contributed by atoms with Crippen LogP contribution < -0.4 is 10.7 Å². The normalized spacial score (nSPS) is 50.7. The van der Waals surface area contributed by atoms with E-state index in [-0.39, 0.29) is 0 Å². The van der Waals surface area contributed by atoms with Gasteiger partial charge >= 0.3 is 0 Å². The molecule has 1 saturated heterocycles. The number of rotatable bonds is 0. The quantitative estimate of drug-likeness (QED) is 0.507. The summed E-state index contributed by atoms with van der Waals surface area (Å²) in [6, 6.07) is 4.40. The number of ether oxygens (including phenoxy) is 1. The molecule has 3 atom stereocenters. The van der Waals surface area contributed by atoms with Gasteiger partial charge in [0.15, 0.2) is 10.8 Å². The molecule has 3 N–H and O–H groups in total. The third kappa shape index (κ3) is 0.676. The van der Waals surface area contributed by atoms with Gasteiger partial charge in [0.25, 0.3) is 10.9 Å². The van der Waals surface area contributed by atoms with Gasteiger partial charge in [-0.3, -0.25) is 5.73 Å². The Balaban J connectivity index is 2.17. The number of nitrogens with zero attached hydrogens (tertiary/aromatic N) is 2. The summed E-state index contributed by atoms with van der Waals surface area (Å²) in [5.41, 5.74) is 4.19. The zero-order valence-corrected chi connectivity index (χ0v) is 8.73. The van der Waals surface area contributed by atoms with Crippen LogP contribution in [0, 0.1) is 33.5 Å². The largest absolute Gasteiger partial charge is 0.327 e.